The predicted octanol–water partition coefficient (Wildman–Crippen LogP) is 4.68. The molecule has 2 atom stereocenters. The van der Waals surface area contributed by atoms with Crippen molar-refractivity contribution < 1.29 is 9.53 Å². The van der Waals surface area contributed by atoms with E-state index in [0.717, 1.165) is 28.1 Å². The van der Waals surface area contributed by atoms with Crippen molar-refractivity contribution in [2.75, 3.05) is 5.32 Å². The predicted molar refractivity (Wildman–Crippen MR) is 92.0 cm³/mol. The summed E-state index contributed by atoms with van der Waals surface area (Å²) in [5.74, 6) is 2.29. The summed E-state index contributed by atoms with van der Waals surface area (Å²) in [5.41, 5.74) is 0.870. The number of amides is 1. The minimum absolute atomic E-state index is 0.0808. The molecule has 1 aromatic heterocycles. The molecule has 0 saturated heterocycles. The van der Waals surface area contributed by atoms with E-state index in [9.17, 15) is 4.79 Å². The molecule has 5 heteroatoms. The number of anilines is 1. The molecule has 1 saturated carbocycles. The first-order chi connectivity index (χ1) is 11.2. The fraction of sp³-hybridized carbons (Fsp3) is 0.222. The van der Waals surface area contributed by atoms with Crippen LogP contribution in [0, 0.1) is 11.8 Å². The molecule has 4 nitrogen and oxygen atoms in total. The van der Waals surface area contributed by atoms with Crippen LogP contribution in [0.5, 0.6) is 11.5 Å². The smallest absolute Gasteiger partial charge is 0.229 e. The summed E-state index contributed by atoms with van der Waals surface area (Å²) in [5, 5.41) is 3.57. The van der Waals surface area contributed by atoms with Gasteiger partial charge in [-0.1, -0.05) is 36.5 Å². The quantitative estimate of drug-likeness (QED) is 0.758. The molecule has 23 heavy (non-hydrogen) atoms. The van der Waals surface area contributed by atoms with Crippen molar-refractivity contribution in [2.24, 2.45) is 11.8 Å². The summed E-state index contributed by atoms with van der Waals surface area (Å²) in [7, 11) is 0. The number of nitrogens with one attached hydrogen (secondary N) is 1. The van der Waals surface area contributed by atoms with Crippen molar-refractivity contribution in [3.8, 4) is 11.5 Å². The maximum absolute atomic E-state index is 12.0. The molecule has 0 aliphatic heterocycles. The van der Waals surface area contributed by atoms with E-state index in [1.54, 1.807) is 0 Å². The van der Waals surface area contributed by atoms with E-state index in [1.807, 2.05) is 48.5 Å². The third kappa shape index (κ3) is 3.05. The molecule has 116 valence electrons. The number of ether oxygens (including phenoxy) is 1. The van der Waals surface area contributed by atoms with Crippen LogP contribution in [0.4, 0.5) is 5.13 Å². The van der Waals surface area contributed by atoms with Gasteiger partial charge in [-0.3, -0.25) is 4.79 Å². The van der Waals surface area contributed by atoms with Gasteiger partial charge in [-0.25, -0.2) is 4.98 Å². The average molecular weight is 324 g/mol. The Hall–Kier alpha value is -2.40. The second-order valence-electron chi connectivity index (χ2n) is 5.87. The monoisotopic (exact) mass is 324 g/mol. The Morgan fingerprint density at radius 2 is 2.00 bits per heavy atom. The van der Waals surface area contributed by atoms with Crippen molar-refractivity contribution in [3.05, 3.63) is 48.5 Å². The molecule has 3 aromatic rings. The Morgan fingerprint density at radius 1 is 1.22 bits per heavy atom. The Bertz CT molecular complexity index is 860. The first-order valence-corrected chi connectivity index (χ1v) is 8.45. The van der Waals surface area contributed by atoms with Crippen LogP contribution >= 0.6 is 11.3 Å². The molecular formula is C18H16N2O2S. The van der Waals surface area contributed by atoms with E-state index < -0.39 is 0 Å². The maximum atomic E-state index is 12.0. The van der Waals surface area contributed by atoms with Crippen LogP contribution in [-0.2, 0) is 4.79 Å². The highest BCUT2D eigenvalue weighted by Gasteiger charge is 2.39. The maximum Gasteiger partial charge on any atom is 0.229 e. The van der Waals surface area contributed by atoms with Gasteiger partial charge in [0.1, 0.15) is 11.5 Å². The lowest BCUT2D eigenvalue weighted by molar-refractivity contribution is -0.117. The highest BCUT2D eigenvalue weighted by Crippen LogP contribution is 2.39. The number of benzene rings is 2. The van der Waals surface area contributed by atoms with E-state index in [1.165, 1.54) is 11.3 Å². The fourth-order valence-electron chi connectivity index (χ4n) is 2.53. The van der Waals surface area contributed by atoms with Gasteiger partial charge in [-0.2, -0.15) is 0 Å². The van der Waals surface area contributed by atoms with Crippen LogP contribution in [0.1, 0.15) is 13.3 Å². The van der Waals surface area contributed by atoms with E-state index >= 15 is 0 Å². The summed E-state index contributed by atoms with van der Waals surface area (Å²) in [4.78, 5) is 16.5. The van der Waals surface area contributed by atoms with Crippen molar-refractivity contribution in [3.63, 3.8) is 0 Å². The lowest BCUT2D eigenvalue weighted by Crippen LogP contribution is -2.14. The number of nitrogens with zero attached hydrogens (tertiary/aromatic N) is 1. The first kappa shape index (κ1) is 14.2. The first-order valence-electron chi connectivity index (χ1n) is 7.63. The molecule has 0 spiro atoms. The summed E-state index contributed by atoms with van der Waals surface area (Å²) >= 11 is 1.47. The van der Waals surface area contributed by atoms with Crippen LogP contribution in [0.2, 0.25) is 0 Å². The Balaban J connectivity index is 1.53. The van der Waals surface area contributed by atoms with Gasteiger partial charge in [0.2, 0.25) is 5.91 Å². The molecule has 4 rings (SSSR count). The summed E-state index contributed by atoms with van der Waals surface area (Å²) < 4.78 is 6.83. The van der Waals surface area contributed by atoms with Crippen molar-refractivity contribution in [1.29, 1.82) is 0 Å². The standard InChI is InChI=1S/C18H16N2O2S/c1-11-9-14(11)17(21)20-18-19-15-8-7-13(10-16(15)23-18)22-12-5-3-2-4-6-12/h2-8,10-11,14H,9H2,1H3,(H,19,20,21)/t11-,14-/m1/s1. The Morgan fingerprint density at radius 3 is 2.74 bits per heavy atom. The summed E-state index contributed by atoms with van der Waals surface area (Å²) in [6.45, 7) is 2.09. The SMILES string of the molecule is C[C@@H]1C[C@H]1C(=O)Nc1nc2ccc(Oc3ccccc3)cc2s1. The largest absolute Gasteiger partial charge is 0.457 e. The number of hydrogen-bond donors (Lipinski definition) is 1. The number of fused-ring (bicyclic) bond motifs is 1. The molecule has 0 bridgehead atoms. The number of aromatic nitrogens is 1. The van der Waals surface area contributed by atoms with Gasteiger partial charge in [0, 0.05) is 12.0 Å². The zero-order valence-corrected chi connectivity index (χ0v) is 13.5. The van der Waals surface area contributed by atoms with Crippen LogP contribution in [0.15, 0.2) is 48.5 Å². The zero-order chi connectivity index (χ0) is 15.8. The Labute approximate surface area is 138 Å². The van der Waals surface area contributed by atoms with E-state index in [0.29, 0.717) is 11.0 Å². The molecule has 1 heterocycles. The van der Waals surface area contributed by atoms with Gasteiger partial charge in [0.15, 0.2) is 5.13 Å². The lowest BCUT2D eigenvalue weighted by Gasteiger charge is -2.04. The fourth-order valence-corrected chi connectivity index (χ4v) is 3.43. The lowest BCUT2D eigenvalue weighted by atomic mass is 10.3. The number of thiazole rings is 1. The highest BCUT2D eigenvalue weighted by molar-refractivity contribution is 7.22. The van der Waals surface area contributed by atoms with Crippen molar-refractivity contribution in [2.45, 2.75) is 13.3 Å². The summed E-state index contributed by atoms with van der Waals surface area (Å²) in [6.07, 6.45) is 0.978. The van der Waals surface area contributed by atoms with Gasteiger partial charge in [0.05, 0.1) is 10.2 Å². The molecule has 0 unspecified atom stereocenters. The van der Waals surface area contributed by atoms with Crippen LogP contribution < -0.4 is 10.1 Å². The van der Waals surface area contributed by atoms with Gasteiger partial charge < -0.3 is 10.1 Å². The minimum Gasteiger partial charge on any atom is -0.457 e. The van der Waals surface area contributed by atoms with Gasteiger partial charge in [0.25, 0.3) is 0 Å². The topological polar surface area (TPSA) is 51.2 Å². The minimum atomic E-state index is 0.0808. The van der Waals surface area contributed by atoms with Crippen LogP contribution in [0.3, 0.4) is 0 Å². The number of para-hydroxylation sites is 1. The average Bonchev–Trinajstić information content (AvgIpc) is 3.15. The van der Waals surface area contributed by atoms with Crippen molar-refractivity contribution in [1.82, 2.24) is 4.98 Å². The molecule has 1 amide bonds. The van der Waals surface area contributed by atoms with Crippen LogP contribution in [-0.4, -0.2) is 10.9 Å². The Kier molecular flexibility index (Phi) is 3.50. The normalized spacial score (nSPS) is 19.5. The molecule has 1 fully saturated rings. The number of carbonyl (C=O) groups is 1. The zero-order valence-electron chi connectivity index (χ0n) is 12.7. The van der Waals surface area contributed by atoms with Crippen molar-refractivity contribution >= 4 is 32.6 Å². The van der Waals surface area contributed by atoms with E-state index in [4.69, 9.17) is 4.74 Å². The third-order valence-corrected chi connectivity index (χ3v) is 4.95. The second kappa shape index (κ2) is 5.66. The van der Waals surface area contributed by atoms with Gasteiger partial charge in [-0.05, 0) is 36.6 Å². The summed E-state index contributed by atoms with van der Waals surface area (Å²) in [6, 6.07) is 15.4. The van der Waals surface area contributed by atoms with Crippen LogP contribution in [0.25, 0.3) is 10.2 Å². The number of carbonyl (C=O) groups excluding carboxylic acids is 1. The molecule has 1 aliphatic carbocycles. The molecular weight excluding hydrogens is 308 g/mol. The van der Waals surface area contributed by atoms with E-state index in [-0.39, 0.29) is 11.8 Å². The third-order valence-electron chi connectivity index (χ3n) is 4.02. The van der Waals surface area contributed by atoms with E-state index in [2.05, 4.69) is 17.2 Å². The molecule has 0 radical (unpaired) electrons. The van der Waals surface area contributed by atoms with Gasteiger partial charge in [-0.15, -0.1) is 0 Å². The molecule has 1 N–H and O–H groups in total. The highest BCUT2D eigenvalue weighted by atomic mass is 32.1. The molecule has 1 aliphatic rings. The number of rotatable bonds is 4. The number of hydrogen-bond acceptors (Lipinski definition) is 4. The second-order valence-corrected chi connectivity index (χ2v) is 6.90. The van der Waals surface area contributed by atoms with Gasteiger partial charge >= 0.3 is 0 Å². The molecule has 2 aromatic carbocycles.